The highest BCUT2D eigenvalue weighted by Crippen LogP contribution is 2.41. The Morgan fingerprint density at radius 3 is 2.44 bits per heavy atom. The number of amides is 1. The lowest BCUT2D eigenvalue weighted by Gasteiger charge is -2.27. The molecule has 1 unspecified atom stereocenters. The van der Waals surface area contributed by atoms with Crippen LogP contribution in [0, 0.1) is 0 Å². The molecule has 7 heteroatoms. The second-order valence-electron chi connectivity index (χ2n) is 8.98. The summed E-state index contributed by atoms with van der Waals surface area (Å²) in [4.78, 5) is 31.6. The van der Waals surface area contributed by atoms with E-state index in [2.05, 4.69) is 18.7 Å². The molecule has 36 heavy (non-hydrogen) atoms. The molecule has 0 radical (unpaired) electrons. The van der Waals surface area contributed by atoms with Gasteiger partial charge in [-0.3, -0.25) is 9.59 Å². The Balaban J connectivity index is 1.84. The number of ether oxygens (including phenoxy) is 2. The minimum Gasteiger partial charge on any atom is -0.493 e. The summed E-state index contributed by atoms with van der Waals surface area (Å²) in [7, 11) is 1.59. The summed E-state index contributed by atoms with van der Waals surface area (Å²) in [6.45, 7) is 12.0. The van der Waals surface area contributed by atoms with Gasteiger partial charge in [-0.2, -0.15) is 0 Å². The minimum atomic E-state index is -0.556. The van der Waals surface area contributed by atoms with E-state index in [-0.39, 0.29) is 17.1 Å². The van der Waals surface area contributed by atoms with Gasteiger partial charge in [0, 0.05) is 6.54 Å². The molecule has 1 aliphatic rings. The molecule has 0 fully saturated rings. The van der Waals surface area contributed by atoms with Crippen LogP contribution >= 0.6 is 0 Å². The van der Waals surface area contributed by atoms with E-state index in [1.807, 2.05) is 44.2 Å². The fraction of sp³-hybridized carbons (Fsp3) is 0.448. The predicted molar refractivity (Wildman–Crippen MR) is 141 cm³/mol. The van der Waals surface area contributed by atoms with Crippen LogP contribution in [-0.4, -0.2) is 55.6 Å². The maximum absolute atomic E-state index is 13.9. The number of hydrogen-bond donors (Lipinski definition) is 0. The van der Waals surface area contributed by atoms with Crippen LogP contribution in [0.2, 0.25) is 0 Å². The van der Waals surface area contributed by atoms with Gasteiger partial charge in [0.2, 0.25) is 5.76 Å². The van der Waals surface area contributed by atoms with E-state index in [0.717, 1.165) is 43.6 Å². The average molecular weight is 493 g/mol. The molecule has 0 saturated heterocycles. The largest absolute Gasteiger partial charge is 0.493 e. The number of nitrogens with zero attached hydrogens (tertiary/aromatic N) is 2. The number of fused-ring (bicyclic) bond motifs is 2. The Kier molecular flexibility index (Phi) is 7.99. The highest BCUT2D eigenvalue weighted by Gasteiger charge is 2.42. The molecule has 1 aromatic heterocycles. The third-order valence-electron chi connectivity index (χ3n) is 7.01. The first kappa shape index (κ1) is 25.8. The van der Waals surface area contributed by atoms with E-state index in [1.165, 1.54) is 0 Å². The molecule has 2 aromatic carbocycles. The highest BCUT2D eigenvalue weighted by atomic mass is 16.5. The van der Waals surface area contributed by atoms with E-state index in [9.17, 15) is 9.59 Å². The van der Waals surface area contributed by atoms with Crippen LogP contribution in [0.15, 0.2) is 45.6 Å². The Morgan fingerprint density at radius 1 is 1.00 bits per heavy atom. The average Bonchev–Trinajstić information content (AvgIpc) is 3.18. The summed E-state index contributed by atoms with van der Waals surface area (Å²) >= 11 is 0. The molecule has 3 aromatic rings. The summed E-state index contributed by atoms with van der Waals surface area (Å²) in [6, 6.07) is 10.7. The fourth-order valence-corrected chi connectivity index (χ4v) is 5.00. The van der Waals surface area contributed by atoms with Crippen LogP contribution in [0.25, 0.3) is 11.0 Å². The number of benzene rings is 2. The van der Waals surface area contributed by atoms with Gasteiger partial charge in [-0.25, -0.2) is 0 Å². The first-order valence-electron chi connectivity index (χ1n) is 12.9. The summed E-state index contributed by atoms with van der Waals surface area (Å²) in [6.07, 6.45) is 1.60. The summed E-state index contributed by atoms with van der Waals surface area (Å²) in [5.74, 6) is 1.08. The Morgan fingerprint density at radius 2 is 1.78 bits per heavy atom. The smallest absolute Gasteiger partial charge is 0.290 e. The lowest BCUT2D eigenvalue weighted by atomic mass is 9.97. The summed E-state index contributed by atoms with van der Waals surface area (Å²) < 4.78 is 17.4. The standard InChI is InChI=1S/C29H36N2O5/c1-6-19-11-13-22-21(17-19)27(32)25-26(20-12-14-23(35-9-4)24(18-20)34-5)31(29(33)28(25)36-22)16-10-15-30(7-2)8-3/h11-14,17-18,26H,6-10,15-16H2,1-5H3. The first-order valence-corrected chi connectivity index (χ1v) is 12.9. The Bertz CT molecular complexity index is 1290. The van der Waals surface area contributed by atoms with Crippen LogP contribution in [0.5, 0.6) is 11.5 Å². The number of hydrogen-bond acceptors (Lipinski definition) is 6. The third kappa shape index (κ3) is 4.72. The second kappa shape index (κ2) is 11.2. The lowest BCUT2D eigenvalue weighted by molar-refractivity contribution is 0.0720. The van der Waals surface area contributed by atoms with Crippen molar-refractivity contribution in [3.05, 3.63) is 69.1 Å². The van der Waals surface area contributed by atoms with Gasteiger partial charge in [0.25, 0.3) is 5.91 Å². The van der Waals surface area contributed by atoms with Crippen LogP contribution in [-0.2, 0) is 6.42 Å². The van der Waals surface area contributed by atoms with Gasteiger partial charge in [-0.1, -0.05) is 32.9 Å². The van der Waals surface area contributed by atoms with Crippen LogP contribution in [0.4, 0.5) is 0 Å². The second-order valence-corrected chi connectivity index (χ2v) is 8.98. The van der Waals surface area contributed by atoms with Crippen molar-refractivity contribution in [1.82, 2.24) is 9.80 Å². The molecule has 1 amide bonds. The number of carbonyl (C=O) groups is 1. The summed E-state index contributed by atoms with van der Waals surface area (Å²) in [5, 5.41) is 0.508. The Labute approximate surface area is 212 Å². The lowest BCUT2D eigenvalue weighted by Crippen LogP contribution is -2.33. The minimum absolute atomic E-state index is 0.137. The normalized spacial score (nSPS) is 15.1. The van der Waals surface area contributed by atoms with Crippen molar-refractivity contribution in [2.24, 2.45) is 0 Å². The van der Waals surface area contributed by atoms with Crippen molar-refractivity contribution in [2.45, 2.75) is 46.6 Å². The van der Waals surface area contributed by atoms with Crippen LogP contribution in [0.3, 0.4) is 0 Å². The van der Waals surface area contributed by atoms with Gasteiger partial charge in [0.15, 0.2) is 16.9 Å². The molecule has 0 saturated carbocycles. The molecule has 192 valence electrons. The summed E-state index contributed by atoms with van der Waals surface area (Å²) in [5.41, 5.74) is 2.53. The van der Waals surface area contributed by atoms with E-state index < -0.39 is 6.04 Å². The molecule has 1 aliphatic heterocycles. The quantitative estimate of drug-likeness (QED) is 0.373. The van der Waals surface area contributed by atoms with Gasteiger partial charge in [-0.05, 0) is 74.8 Å². The van der Waals surface area contributed by atoms with Crippen molar-refractivity contribution in [3.8, 4) is 11.5 Å². The van der Waals surface area contributed by atoms with Crippen molar-refractivity contribution in [2.75, 3.05) is 39.9 Å². The van der Waals surface area contributed by atoms with Crippen LogP contribution < -0.4 is 14.9 Å². The fourth-order valence-electron chi connectivity index (χ4n) is 5.00. The molecule has 1 atom stereocenters. The van der Waals surface area contributed by atoms with Gasteiger partial charge < -0.3 is 23.7 Å². The van der Waals surface area contributed by atoms with Crippen molar-refractivity contribution >= 4 is 16.9 Å². The highest BCUT2D eigenvalue weighted by molar-refractivity contribution is 5.99. The number of aryl methyl sites for hydroxylation is 1. The zero-order valence-corrected chi connectivity index (χ0v) is 21.9. The van der Waals surface area contributed by atoms with Gasteiger partial charge >= 0.3 is 0 Å². The van der Waals surface area contributed by atoms with Gasteiger partial charge in [-0.15, -0.1) is 0 Å². The monoisotopic (exact) mass is 492 g/mol. The SMILES string of the molecule is CCOc1ccc(C2c3c(oc4ccc(CC)cc4c3=O)C(=O)N2CCCN(CC)CC)cc1OC. The molecule has 7 nitrogen and oxygen atoms in total. The topological polar surface area (TPSA) is 72.2 Å². The van der Waals surface area contributed by atoms with E-state index in [1.54, 1.807) is 18.1 Å². The van der Waals surface area contributed by atoms with E-state index >= 15 is 0 Å². The van der Waals surface area contributed by atoms with E-state index in [4.69, 9.17) is 13.9 Å². The molecule has 4 rings (SSSR count). The zero-order chi connectivity index (χ0) is 25.8. The first-order chi connectivity index (χ1) is 17.5. The molecule has 0 bridgehead atoms. The molecular weight excluding hydrogens is 456 g/mol. The maximum Gasteiger partial charge on any atom is 0.290 e. The number of methoxy groups -OCH3 is 1. The molecule has 2 heterocycles. The molecular formula is C29H36N2O5. The third-order valence-corrected chi connectivity index (χ3v) is 7.01. The van der Waals surface area contributed by atoms with Crippen molar-refractivity contribution in [1.29, 1.82) is 0 Å². The maximum atomic E-state index is 13.9. The van der Waals surface area contributed by atoms with E-state index in [0.29, 0.717) is 41.2 Å². The Hall–Kier alpha value is -3.32. The predicted octanol–water partition coefficient (Wildman–Crippen LogP) is 5.04. The van der Waals surface area contributed by atoms with Crippen molar-refractivity contribution in [3.63, 3.8) is 0 Å². The van der Waals surface area contributed by atoms with Crippen LogP contribution in [0.1, 0.15) is 67.4 Å². The number of carbonyl (C=O) groups excluding carboxylic acids is 1. The molecule has 0 N–H and O–H groups in total. The number of rotatable bonds is 11. The zero-order valence-electron chi connectivity index (χ0n) is 21.9. The van der Waals surface area contributed by atoms with Gasteiger partial charge in [0.05, 0.1) is 30.7 Å². The van der Waals surface area contributed by atoms with Crippen molar-refractivity contribution < 1.29 is 18.7 Å². The van der Waals surface area contributed by atoms with Gasteiger partial charge in [0.1, 0.15) is 5.58 Å². The molecule has 0 spiro atoms. The molecule has 0 aliphatic carbocycles.